The Bertz CT molecular complexity index is 214. The highest BCUT2D eigenvalue weighted by Crippen LogP contribution is 2.04. The zero-order valence-electron chi connectivity index (χ0n) is 7.73. The van der Waals surface area contributed by atoms with Crippen molar-refractivity contribution in [3.05, 3.63) is 12.2 Å². The van der Waals surface area contributed by atoms with Gasteiger partial charge in [-0.3, -0.25) is 13.1 Å². The van der Waals surface area contributed by atoms with Gasteiger partial charge >= 0.3 is 0 Å². The highest BCUT2D eigenvalue weighted by molar-refractivity contribution is 14.1. The minimum absolute atomic E-state index is 0.0170. The molecule has 13 heavy (non-hydrogen) atoms. The molecule has 1 amide bonds. The van der Waals surface area contributed by atoms with Crippen molar-refractivity contribution in [3.63, 3.8) is 0 Å². The van der Waals surface area contributed by atoms with Crippen molar-refractivity contribution in [3.8, 4) is 0 Å². The summed E-state index contributed by atoms with van der Waals surface area (Å²) in [6.07, 6.45) is 2.51. The Morgan fingerprint density at radius 3 is 2.31 bits per heavy atom. The minimum atomic E-state index is 0.0170. The normalized spacial score (nSPS) is 9.38. The van der Waals surface area contributed by atoms with Crippen molar-refractivity contribution in [1.29, 1.82) is 0 Å². The predicted octanol–water partition coefficient (Wildman–Crippen LogP) is 2.16. The number of ketones is 1. The van der Waals surface area contributed by atoms with Gasteiger partial charge < -0.3 is 0 Å². The summed E-state index contributed by atoms with van der Waals surface area (Å²) in [6, 6.07) is 0. The van der Waals surface area contributed by atoms with Crippen LogP contribution in [0.25, 0.3) is 0 Å². The van der Waals surface area contributed by atoms with Crippen LogP contribution in [0.5, 0.6) is 0 Å². The molecule has 0 bridgehead atoms. The molecule has 0 saturated heterocycles. The van der Waals surface area contributed by atoms with E-state index in [4.69, 9.17) is 0 Å². The summed E-state index contributed by atoms with van der Waals surface area (Å²) in [6.45, 7) is 5.26. The van der Waals surface area contributed by atoms with Gasteiger partial charge in [0.25, 0.3) is 0 Å². The number of carbonyl (C=O) groups excluding carboxylic acids is 2. The summed E-state index contributed by atoms with van der Waals surface area (Å²) in [5.41, 5.74) is 0.596. The van der Waals surface area contributed by atoms with E-state index in [0.717, 1.165) is 12.8 Å². The molecule has 0 spiro atoms. The maximum absolute atomic E-state index is 11.1. The van der Waals surface area contributed by atoms with Crippen LogP contribution in [0.4, 0.5) is 0 Å². The molecular formula is C9H14INO2. The number of rotatable bonds is 6. The van der Waals surface area contributed by atoms with E-state index >= 15 is 0 Å². The number of carbonyl (C=O) groups is 2. The zero-order valence-corrected chi connectivity index (χ0v) is 9.89. The predicted molar refractivity (Wildman–Crippen MR) is 60.5 cm³/mol. The fraction of sp³-hybridized carbons (Fsp3) is 0.556. The summed E-state index contributed by atoms with van der Waals surface area (Å²) in [5, 5.41) is 0. The van der Waals surface area contributed by atoms with Gasteiger partial charge in [0.05, 0.1) is 22.9 Å². The van der Waals surface area contributed by atoms with E-state index in [-0.39, 0.29) is 11.7 Å². The van der Waals surface area contributed by atoms with Gasteiger partial charge in [0.1, 0.15) is 0 Å². The van der Waals surface area contributed by atoms with Gasteiger partial charge in [-0.25, -0.2) is 0 Å². The highest BCUT2D eigenvalue weighted by Gasteiger charge is 2.03. The molecule has 0 aromatic heterocycles. The van der Waals surface area contributed by atoms with Crippen molar-refractivity contribution in [2.75, 3.05) is 0 Å². The maximum Gasteiger partial charge on any atom is 0.228 e. The summed E-state index contributed by atoms with van der Waals surface area (Å²) in [5.74, 6) is 0.109. The first-order valence-electron chi connectivity index (χ1n) is 4.16. The molecule has 0 aliphatic carbocycles. The molecule has 3 nitrogen and oxygen atoms in total. The van der Waals surface area contributed by atoms with Crippen molar-refractivity contribution in [2.45, 2.75) is 32.6 Å². The Morgan fingerprint density at radius 2 is 1.85 bits per heavy atom. The van der Waals surface area contributed by atoms with Gasteiger partial charge in [0.15, 0.2) is 5.78 Å². The smallest absolute Gasteiger partial charge is 0.228 e. The third kappa shape index (κ3) is 6.74. The average Bonchev–Trinajstić information content (AvgIpc) is 2.11. The first kappa shape index (κ1) is 12.6. The fourth-order valence-corrected chi connectivity index (χ4v) is 1.10. The fourth-order valence-electron chi connectivity index (χ4n) is 0.832. The number of amides is 1. The number of hydrogen-bond acceptors (Lipinski definition) is 2. The molecule has 0 aromatic rings. The van der Waals surface area contributed by atoms with Gasteiger partial charge in [-0.05, 0) is 25.3 Å². The van der Waals surface area contributed by atoms with Crippen molar-refractivity contribution < 1.29 is 9.59 Å². The lowest BCUT2D eigenvalue weighted by atomic mass is 10.1. The Balaban J connectivity index is 3.41. The van der Waals surface area contributed by atoms with Crippen LogP contribution in [0.3, 0.4) is 0 Å². The van der Waals surface area contributed by atoms with Crippen LogP contribution in [0.15, 0.2) is 12.2 Å². The third-order valence-corrected chi connectivity index (χ3v) is 2.24. The van der Waals surface area contributed by atoms with E-state index in [9.17, 15) is 9.59 Å². The Morgan fingerprint density at radius 1 is 1.31 bits per heavy atom. The second-order valence-electron chi connectivity index (χ2n) is 2.93. The molecule has 0 rings (SSSR count). The topological polar surface area (TPSA) is 46.2 Å². The Hall–Kier alpha value is -0.390. The van der Waals surface area contributed by atoms with Crippen LogP contribution in [0, 0.1) is 0 Å². The lowest BCUT2D eigenvalue weighted by Gasteiger charge is -1.99. The van der Waals surface area contributed by atoms with E-state index in [1.165, 1.54) is 0 Å². The molecular weight excluding hydrogens is 281 g/mol. The first-order valence-corrected chi connectivity index (χ1v) is 5.24. The third-order valence-electron chi connectivity index (χ3n) is 1.64. The molecule has 0 saturated carbocycles. The lowest BCUT2D eigenvalue weighted by Crippen LogP contribution is -2.10. The second-order valence-corrected chi connectivity index (χ2v) is 3.47. The minimum Gasteiger partial charge on any atom is -0.299 e. The molecule has 0 heterocycles. The summed E-state index contributed by atoms with van der Waals surface area (Å²) in [4.78, 5) is 21.8. The number of hydrogen-bond donors (Lipinski definition) is 1. The quantitative estimate of drug-likeness (QED) is 0.353. The van der Waals surface area contributed by atoms with Crippen molar-refractivity contribution >= 4 is 34.6 Å². The number of nitrogens with one attached hydrogen (secondary N) is 1. The second kappa shape index (κ2) is 7.06. The molecule has 0 atom stereocenters. The maximum atomic E-state index is 11.1. The summed E-state index contributed by atoms with van der Waals surface area (Å²) < 4.78 is 2.50. The van der Waals surface area contributed by atoms with Crippen LogP contribution < -0.4 is 3.53 Å². The SMILES string of the molecule is C=C(C)C(=O)CCCCC(=O)NI. The molecule has 0 aromatic carbocycles. The summed E-state index contributed by atoms with van der Waals surface area (Å²) in [7, 11) is 0. The molecule has 0 fully saturated rings. The van der Waals surface area contributed by atoms with Crippen LogP contribution in [-0.4, -0.2) is 11.7 Å². The van der Waals surface area contributed by atoms with E-state index in [1.807, 2.05) is 22.9 Å². The van der Waals surface area contributed by atoms with Gasteiger partial charge in [0.2, 0.25) is 5.91 Å². The number of Topliss-reactive ketones (excluding diaryl/α,β-unsaturated/α-hetero) is 1. The highest BCUT2D eigenvalue weighted by atomic mass is 127. The largest absolute Gasteiger partial charge is 0.299 e. The van der Waals surface area contributed by atoms with Gasteiger partial charge in [-0.15, -0.1) is 0 Å². The molecule has 0 aliphatic rings. The molecule has 0 aliphatic heterocycles. The molecule has 1 N–H and O–H groups in total. The van der Waals surface area contributed by atoms with E-state index in [2.05, 4.69) is 10.1 Å². The van der Waals surface area contributed by atoms with Crippen LogP contribution >= 0.6 is 22.9 Å². The summed E-state index contributed by atoms with van der Waals surface area (Å²) >= 11 is 1.81. The molecule has 0 unspecified atom stereocenters. The number of unbranched alkanes of at least 4 members (excludes halogenated alkanes) is 1. The van der Waals surface area contributed by atoms with Gasteiger partial charge in [0, 0.05) is 12.8 Å². The van der Waals surface area contributed by atoms with Crippen molar-refractivity contribution in [2.24, 2.45) is 0 Å². The van der Waals surface area contributed by atoms with Gasteiger partial charge in [-0.2, -0.15) is 0 Å². The number of allylic oxidation sites excluding steroid dienone is 1. The average molecular weight is 295 g/mol. The molecule has 74 valence electrons. The Labute approximate surface area is 92.5 Å². The van der Waals surface area contributed by atoms with Crippen LogP contribution in [-0.2, 0) is 9.59 Å². The van der Waals surface area contributed by atoms with Crippen molar-refractivity contribution in [1.82, 2.24) is 3.53 Å². The van der Waals surface area contributed by atoms with E-state index in [1.54, 1.807) is 6.92 Å². The molecule has 0 radical (unpaired) electrons. The Kier molecular flexibility index (Phi) is 6.84. The van der Waals surface area contributed by atoms with Gasteiger partial charge in [-0.1, -0.05) is 6.58 Å². The zero-order chi connectivity index (χ0) is 10.3. The number of halogens is 1. The van der Waals surface area contributed by atoms with E-state index < -0.39 is 0 Å². The van der Waals surface area contributed by atoms with Crippen LogP contribution in [0.1, 0.15) is 32.6 Å². The first-order chi connectivity index (χ1) is 6.07. The van der Waals surface area contributed by atoms with Crippen LogP contribution in [0.2, 0.25) is 0 Å². The molecule has 4 heteroatoms. The standard InChI is InChI=1S/C9H14INO2/c1-7(2)8(12)5-3-4-6-9(13)11-10/h1,3-6H2,2H3,(H,11,13). The lowest BCUT2D eigenvalue weighted by molar-refractivity contribution is -0.119. The monoisotopic (exact) mass is 295 g/mol. The van der Waals surface area contributed by atoms with E-state index in [0.29, 0.717) is 18.4 Å².